The Hall–Kier alpha value is -3.28. The molecule has 2 heterocycles. The minimum Gasteiger partial charge on any atom is -0.497 e. The van der Waals surface area contributed by atoms with E-state index in [0.717, 1.165) is 54.2 Å². The maximum Gasteiger partial charge on any atom is 0.272 e. The van der Waals surface area contributed by atoms with Crippen molar-refractivity contribution in [2.24, 2.45) is 0 Å². The number of carbonyl (C=O) groups is 1. The monoisotopic (exact) mass is 388 g/mol. The summed E-state index contributed by atoms with van der Waals surface area (Å²) in [5.74, 6) is 0.917. The molecular formula is C23H24N4O2. The number of nitrogens with one attached hydrogen (secondary N) is 1. The molecule has 29 heavy (non-hydrogen) atoms. The highest BCUT2D eigenvalue weighted by Gasteiger charge is 2.29. The number of ether oxygens (including phenoxy) is 1. The summed E-state index contributed by atoms with van der Waals surface area (Å²) in [6.45, 7) is 3.04. The third-order valence-corrected chi connectivity index (χ3v) is 6.00. The molecule has 3 aromatic rings. The van der Waals surface area contributed by atoms with Gasteiger partial charge in [0, 0.05) is 43.0 Å². The fourth-order valence-electron chi connectivity index (χ4n) is 4.36. The number of piperazine rings is 1. The van der Waals surface area contributed by atoms with Gasteiger partial charge in [-0.1, -0.05) is 24.3 Å². The number of nitrogens with zero attached hydrogens (tertiary/aromatic N) is 3. The molecule has 0 radical (unpaired) electrons. The number of aromatic amines is 1. The van der Waals surface area contributed by atoms with Crippen LogP contribution in [-0.4, -0.2) is 54.3 Å². The zero-order valence-corrected chi connectivity index (χ0v) is 16.5. The second-order valence-corrected chi connectivity index (χ2v) is 7.56. The topological polar surface area (TPSA) is 61.5 Å². The van der Waals surface area contributed by atoms with Crippen molar-refractivity contribution in [3.8, 4) is 17.0 Å². The van der Waals surface area contributed by atoms with Crippen LogP contribution in [0.15, 0.2) is 48.5 Å². The molecule has 6 nitrogen and oxygen atoms in total. The van der Waals surface area contributed by atoms with Crippen molar-refractivity contribution in [1.29, 1.82) is 0 Å². The van der Waals surface area contributed by atoms with E-state index < -0.39 is 0 Å². The summed E-state index contributed by atoms with van der Waals surface area (Å²) >= 11 is 0. The molecule has 148 valence electrons. The van der Waals surface area contributed by atoms with Gasteiger partial charge in [-0.15, -0.1) is 0 Å². The van der Waals surface area contributed by atoms with E-state index in [2.05, 4.69) is 45.4 Å². The summed E-state index contributed by atoms with van der Waals surface area (Å²) in [5, 5.41) is 7.54. The lowest BCUT2D eigenvalue weighted by Crippen LogP contribution is -2.49. The molecule has 1 N–H and O–H groups in total. The Balaban J connectivity index is 1.30. The van der Waals surface area contributed by atoms with Crippen LogP contribution in [0.3, 0.4) is 0 Å². The van der Waals surface area contributed by atoms with E-state index in [1.807, 2.05) is 23.1 Å². The second kappa shape index (κ2) is 7.28. The predicted molar refractivity (Wildman–Crippen MR) is 113 cm³/mol. The molecule has 1 aromatic heterocycles. The maximum atomic E-state index is 13.2. The Bertz CT molecular complexity index is 1030. The van der Waals surface area contributed by atoms with Gasteiger partial charge < -0.3 is 14.5 Å². The van der Waals surface area contributed by atoms with Crippen LogP contribution in [-0.2, 0) is 12.8 Å². The third-order valence-electron chi connectivity index (χ3n) is 6.00. The Morgan fingerprint density at radius 2 is 1.76 bits per heavy atom. The first-order chi connectivity index (χ1) is 14.2. The number of fused-ring (bicyclic) bond motifs is 3. The lowest BCUT2D eigenvalue weighted by Gasteiger charge is -2.36. The first-order valence-corrected chi connectivity index (χ1v) is 10.1. The molecule has 5 rings (SSSR count). The van der Waals surface area contributed by atoms with Gasteiger partial charge in [0.2, 0.25) is 0 Å². The molecule has 1 fully saturated rings. The summed E-state index contributed by atoms with van der Waals surface area (Å²) in [4.78, 5) is 17.4. The zero-order valence-electron chi connectivity index (χ0n) is 16.5. The van der Waals surface area contributed by atoms with E-state index in [1.165, 1.54) is 5.56 Å². The van der Waals surface area contributed by atoms with Gasteiger partial charge in [0.25, 0.3) is 5.91 Å². The van der Waals surface area contributed by atoms with Crippen molar-refractivity contribution in [2.75, 3.05) is 38.2 Å². The standard InChI is InChI=1S/C23H24N4O2/c1-29-18-9-7-17(8-10-18)26-12-14-27(15-13-26)23(28)22-20-11-6-16-4-2-3-5-19(16)21(20)24-25-22/h2-5,7-10H,6,11-15H2,1H3,(H,24,25). The second-order valence-electron chi connectivity index (χ2n) is 7.56. The van der Waals surface area contributed by atoms with Crippen molar-refractivity contribution in [3.05, 3.63) is 65.4 Å². The average molecular weight is 388 g/mol. The van der Waals surface area contributed by atoms with Gasteiger partial charge in [0.15, 0.2) is 0 Å². The SMILES string of the molecule is COc1ccc(N2CCN(C(=O)c3[nH]nc4c3CCc3ccccc3-4)CC2)cc1. The molecule has 0 spiro atoms. The molecular weight excluding hydrogens is 364 g/mol. The molecule has 0 bridgehead atoms. The first kappa shape index (κ1) is 17.8. The van der Waals surface area contributed by atoms with Crippen LogP contribution in [0.2, 0.25) is 0 Å². The predicted octanol–water partition coefficient (Wildman–Crippen LogP) is 3.15. The lowest BCUT2D eigenvalue weighted by atomic mass is 9.89. The zero-order chi connectivity index (χ0) is 19.8. The van der Waals surface area contributed by atoms with Crippen molar-refractivity contribution in [2.45, 2.75) is 12.8 Å². The number of rotatable bonds is 3. The summed E-state index contributed by atoms with van der Waals surface area (Å²) in [6, 6.07) is 16.4. The van der Waals surface area contributed by atoms with Gasteiger partial charge in [0.1, 0.15) is 11.4 Å². The molecule has 0 unspecified atom stereocenters. The molecule has 2 aromatic carbocycles. The van der Waals surface area contributed by atoms with Crippen LogP contribution in [0.1, 0.15) is 21.6 Å². The molecule has 1 aliphatic carbocycles. The quantitative estimate of drug-likeness (QED) is 0.749. The van der Waals surface area contributed by atoms with Crippen LogP contribution in [0, 0.1) is 0 Å². The number of methoxy groups -OCH3 is 1. The van der Waals surface area contributed by atoms with Gasteiger partial charge in [0.05, 0.1) is 12.8 Å². The van der Waals surface area contributed by atoms with Crippen LogP contribution >= 0.6 is 0 Å². The van der Waals surface area contributed by atoms with Gasteiger partial charge >= 0.3 is 0 Å². The smallest absolute Gasteiger partial charge is 0.272 e. The summed E-state index contributed by atoms with van der Waals surface area (Å²) in [7, 11) is 1.67. The van der Waals surface area contributed by atoms with Crippen molar-refractivity contribution in [3.63, 3.8) is 0 Å². The van der Waals surface area contributed by atoms with E-state index in [9.17, 15) is 4.79 Å². The van der Waals surface area contributed by atoms with Gasteiger partial charge in [-0.2, -0.15) is 5.10 Å². The van der Waals surface area contributed by atoms with Crippen LogP contribution in [0.4, 0.5) is 5.69 Å². The number of anilines is 1. The molecule has 0 saturated carbocycles. The van der Waals surface area contributed by atoms with E-state index in [1.54, 1.807) is 7.11 Å². The van der Waals surface area contributed by atoms with E-state index in [4.69, 9.17) is 4.74 Å². The number of aryl methyl sites for hydroxylation is 1. The maximum absolute atomic E-state index is 13.2. The number of amides is 1. The molecule has 1 amide bonds. The number of benzene rings is 2. The third kappa shape index (κ3) is 3.14. The fourth-order valence-corrected chi connectivity index (χ4v) is 4.36. The molecule has 1 saturated heterocycles. The van der Waals surface area contributed by atoms with Gasteiger partial charge in [-0.25, -0.2) is 0 Å². The van der Waals surface area contributed by atoms with Crippen LogP contribution < -0.4 is 9.64 Å². The Morgan fingerprint density at radius 1 is 1.00 bits per heavy atom. The van der Waals surface area contributed by atoms with Crippen molar-refractivity contribution >= 4 is 11.6 Å². The number of hydrogen-bond acceptors (Lipinski definition) is 4. The minimum absolute atomic E-state index is 0.0625. The Kier molecular flexibility index (Phi) is 4.46. The molecule has 6 heteroatoms. The van der Waals surface area contributed by atoms with Crippen molar-refractivity contribution in [1.82, 2.24) is 15.1 Å². The molecule has 2 aliphatic rings. The summed E-state index contributed by atoms with van der Waals surface area (Å²) < 4.78 is 5.23. The number of H-pyrrole nitrogens is 1. The highest BCUT2D eigenvalue weighted by atomic mass is 16.5. The highest BCUT2D eigenvalue weighted by molar-refractivity contribution is 5.96. The summed E-state index contributed by atoms with van der Waals surface area (Å²) in [5.41, 5.74) is 6.27. The van der Waals surface area contributed by atoms with Gasteiger partial charge in [-0.3, -0.25) is 9.89 Å². The van der Waals surface area contributed by atoms with Crippen LogP contribution in [0.25, 0.3) is 11.3 Å². The Labute approximate surface area is 170 Å². The molecule has 1 aliphatic heterocycles. The summed E-state index contributed by atoms with van der Waals surface area (Å²) in [6.07, 6.45) is 1.81. The largest absolute Gasteiger partial charge is 0.497 e. The highest BCUT2D eigenvalue weighted by Crippen LogP contribution is 2.33. The molecule has 0 atom stereocenters. The van der Waals surface area contributed by atoms with Crippen LogP contribution in [0.5, 0.6) is 5.75 Å². The number of carbonyl (C=O) groups excluding carboxylic acids is 1. The fraction of sp³-hybridized carbons (Fsp3) is 0.304. The van der Waals surface area contributed by atoms with E-state index in [0.29, 0.717) is 18.8 Å². The van der Waals surface area contributed by atoms with Gasteiger partial charge in [-0.05, 0) is 42.7 Å². The Morgan fingerprint density at radius 3 is 2.52 bits per heavy atom. The normalized spacial score (nSPS) is 15.6. The number of aromatic nitrogens is 2. The average Bonchev–Trinajstić information content (AvgIpc) is 3.23. The van der Waals surface area contributed by atoms with E-state index in [-0.39, 0.29) is 5.91 Å². The first-order valence-electron chi connectivity index (χ1n) is 10.1. The lowest BCUT2D eigenvalue weighted by molar-refractivity contribution is 0.0739. The van der Waals surface area contributed by atoms with Crippen molar-refractivity contribution < 1.29 is 9.53 Å². The number of hydrogen-bond donors (Lipinski definition) is 1. The minimum atomic E-state index is 0.0625. The van der Waals surface area contributed by atoms with E-state index >= 15 is 0 Å².